The van der Waals surface area contributed by atoms with Crippen molar-refractivity contribution in [3.8, 4) is 5.75 Å². The fourth-order valence-corrected chi connectivity index (χ4v) is 4.48. The molecule has 8 nitrogen and oxygen atoms in total. The van der Waals surface area contributed by atoms with Gasteiger partial charge in [-0.25, -0.2) is 9.18 Å². The van der Waals surface area contributed by atoms with Gasteiger partial charge in [0.1, 0.15) is 24.4 Å². The quantitative estimate of drug-likeness (QED) is 0.393. The van der Waals surface area contributed by atoms with Crippen molar-refractivity contribution < 1.29 is 28.9 Å². The number of esters is 1. The normalized spacial score (nSPS) is 21.2. The maximum atomic E-state index is 14.9. The number of pyridine rings is 1. The summed E-state index contributed by atoms with van der Waals surface area (Å²) in [6.07, 6.45) is 3.36. The molecule has 10 heteroatoms. The summed E-state index contributed by atoms with van der Waals surface area (Å²) >= 11 is 0. The summed E-state index contributed by atoms with van der Waals surface area (Å²) in [6, 6.07) is 11.4. The second-order valence-electron chi connectivity index (χ2n) is 9.32. The number of aliphatic hydroxyl groups excluding tert-OH is 1. The molecule has 2 fully saturated rings. The van der Waals surface area contributed by atoms with E-state index in [4.69, 9.17) is 9.47 Å². The van der Waals surface area contributed by atoms with Gasteiger partial charge in [0.15, 0.2) is 11.6 Å². The van der Waals surface area contributed by atoms with Crippen molar-refractivity contribution >= 4 is 29.3 Å². The molecule has 2 heterocycles. The van der Waals surface area contributed by atoms with Gasteiger partial charge in [-0.2, -0.15) is 0 Å². The van der Waals surface area contributed by atoms with E-state index in [0.717, 1.165) is 24.5 Å². The smallest absolute Gasteiger partial charge is 0.343 e. The fourth-order valence-electron chi connectivity index (χ4n) is 4.48. The van der Waals surface area contributed by atoms with Gasteiger partial charge in [-0.15, -0.1) is 12.4 Å². The van der Waals surface area contributed by atoms with E-state index in [0.29, 0.717) is 5.52 Å². The van der Waals surface area contributed by atoms with Gasteiger partial charge in [0.25, 0.3) is 0 Å². The van der Waals surface area contributed by atoms with Crippen LogP contribution >= 0.6 is 12.4 Å². The first kappa shape index (κ1) is 26.1. The lowest BCUT2D eigenvalue weighted by Crippen LogP contribution is -2.35. The molecule has 0 radical (unpaired) electrons. The van der Waals surface area contributed by atoms with Gasteiger partial charge in [0, 0.05) is 24.8 Å². The largest absolute Gasteiger partial charge is 0.487 e. The van der Waals surface area contributed by atoms with Crippen molar-refractivity contribution in [2.45, 2.75) is 43.6 Å². The van der Waals surface area contributed by atoms with Crippen LogP contribution in [0.25, 0.3) is 10.9 Å². The van der Waals surface area contributed by atoms with Crippen LogP contribution in [-0.2, 0) is 11.3 Å². The lowest BCUT2D eigenvalue weighted by Gasteiger charge is -2.20. The number of nitrogens with one attached hydrogen (secondary N) is 1. The average molecular weight is 519 g/mol. The molecule has 1 aromatic heterocycles. The number of carbonyl (C=O) groups is 1. The van der Waals surface area contributed by atoms with Crippen LogP contribution in [0, 0.1) is 5.82 Å². The highest BCUT2D eigenvalue weighted by molar-refractivity contribution is 5.95. The van der Waals surface area contributed by atoms with E-state index in [1.54, 1.807) is 4.57 Å². The van der Waals surface area contributed by atoms with Crippen molar-refractivity contribution in [3.05, 3.63) is 75.8 Å². The van der Waals surface area contributed by atoms with Crippen LogP contribution in [0.4, 0.5) is 4.39 Å². The van der Waals surface area contributed by atoms with Crippen molar-refractivity contribution in [2.24, 2.45) is 0 Å². The third-order valence-corrected chi connectivity index (χ3v) is 6.54. The Labute approximate surface area is 213 Å². The number of rotatable bonds is 8. The van der Waals surface area contributed by atoms with E-state index < -0.39 is 22.8 Å². The molecule has 192 valence electrons. The van der Waals surface area contributed by atoms with E-state index in [1.807, 2.05) is 30.3 Å². The molecule has 0 amide bonds. The highest BCUT2D eigenvalue weighted by Gasteiger charge is 2.37. The zero-order chi connectivity index (χ0) is 24.6. The lowest BCUT2D eigenvalue weighted by atomic mass is 10.0. The Bertz CT molecular complexity index is 1310. The molecule has 5 rings (SSSR count). The van der Waals surface area contributed by atoms with Crippen molar-refractivity contribution in [3.63, 3.8) is 0 Å². The minimum Gasteiger partial charge on any atom is -0.487 e. The topological polar surface area (TPSA) is 110 Å². The summed E-state index contributed by atoms with van der Waals surface area (Å²) in [6.45, 7) is -0.106. The van der Waals surface area contributed by atoms with Crippen molar-refractivity contribution in [1.82, 2.24) is 9.88 Å². The first-order valence-corrected chi connectivity index (χ1v) is 11.7. The predicted octanol–water partition coefficient (Wildman–Crippen LogP) is 2.72. The maximum absolute atomic E-state index is 14.9. The Morgan fingerprint density at radius 3 is 2.61 bits per heavy atom. The molecule has 3 aromatic rings. The van der Waals surface area contributed by atoms with E-state index in [9.17, 15) is 24.2 Å². The molecule has 1 saturated carbocycles. The van der Waals surface area contributed by atoms with Crippen LogP contribution in [0.1, 0.15) is 41.2 Å². The number of ether oxygens (including phenoxy) is 2. The fraction of sp³-hybridized carbons (Fsp3) is 0.385. The van der Waals surface area contributed by atoms with E-state index in [2.05, 4.69) is 5.32 Å². The minimum atomic E-state index is -1.24. The Hall–Kier alpha value is -2.98. The number of aromatic nitrogens is 1. The van der Waals surface area contributed by atoms with Gasteiger partial charge in [-0.3, -0.25) is 4.79 Å². The Balaban J connectivity index is 0.00000304. The predicted molar refractivity (Wildman–Crippen MR) is 133 cm³/mol. The second kappa shape index (κ2) is 10.6. The van der Waals surface area contributed by atoms with Gasteiger partial charge in [0.05, 0.1) is 17.5 Å². The van der Waals surface area contributed by atoms with Crippen LogP contribution in [-0.4, -0.2) is 52.2 Å². The number of hydrogen-bond acceptors (Lipinski definition) is 7. The molecule has 2 atom stereocenters. The molecule has 1 aliphatic heterocycles. The summed E-state index contributed by atoms with van der Waals surface area (Å²) in [5.41, 5.74) is -0.795. The molecule has 3 N–H and O–H groups in total. The number of hydrogen-bond donors (Lipinski definition) is 3. The molecular formula is C26H28ClFN2O6. The maximum Gasteiger partial charge on any atom is 0.343 e. The Morgan fingerprint density at radius 1 is 1.19 bits per heavy atom. The van der Waals surface area contributed by atoms with Crippen molar-refractivity contribution in [1.29, 1.82) is 0 Å². The Kier molecular flexibility index (Phi) is 7.65. The molecule has 1 aliphatic carbocycles. The third-order valence-electron chi connectivity index (χ3n) is 6.54. The van der Waals surface area contributed by atoms with Gasteiger partial charge >= 0.3 is 5.97 Å². The number of aliphatic hydroxyl groups is 2. The second-order valence-corrected chi connectivity index (χ2v) is 9.32. The van der Waals surface area contributed by atoms with Crippen LogP contribution in [0.2, 0.25) is 0 Å². The summed E-state index contributed by atoms with van der Waals surface area (Å²) in [4.78, 5) is 26.1. The van der Waals surface area contributed by atoms with Crippen LogP contribution < -0.4 is 15.5 Å². The molecular weight excluding hydrogens is 491 g/mol. The first-order valence-electron chi connectivity index (χ1n) is 11.7. The molecule has 0 bridgehead atoms. The first-order chi connectivity index (χ1) is 16.9. The third kappa shape index (κ3) is 5.24. The van der Waals surface area contributed by atoms with E-state index in [1.165, 1.54) is 12.3 Å². The molecule has 2 aliphatic rings. The average Bonchev–Trinajstić information content (AvgIpc) is 3.64. The summed E-state index contributed by atoms with van der Waals surface area (Å²) in [5, 5.41) is 22.8. The van der Waals surface area contributed by atoms with Gasteiger partial charge in [-0.1, -0.05) is 30.3 Å². The molecule has 0 spiro atoms. The highest BCUT2D eigenvalue weighted by atomic mass is 35.5. The lowest BCUT2D eigenvalue weighted by molar-refractivity contribution is 0.000249. The summed E-state index contributed by atoms with van der Waals surface area (Å²) in [7, 11) is 0. The van der Waals surface area contributed by atoms with Crippen molar-refractivity contribution in [2.75, 3.05) is 19.8 Å². The summed E-state index contributed by atoms with van der Waals surface area (Å²) in [5.74, 6) is -1.43. The van der Waals surface area contributed by atoms with Gasteiger partial charge in [-0.05, 0) is 37.0 Å². The molecule has 36 heavy (non-hydrogen) atoms. The Morgan fingerprint density at radius 2 is 1.94 bits per heavy atom. The molecule has 2 aromatic carbocycles. The van der Waals surface area contributed by atoms with Gasteiger partial charge in [0.2, 0.25) is 5.43 Å². The van der Waals surface area contributed by atoms with Crippen LogP contribution in [0.3, 0.4) is 0 Å². The number of fused-ring (bicyclic) bond motifs is 1. The SMILES string of the molecule is Cl.O=C(OCc1ccccc1)c1cn(C2CC2)c2c(OC[C@@H]3C[C@@](O)(CO)CN3)c(F)ccc2c1=O. The van der Waals surface area contributed by atoms with Crippen LogP contribution in [0.15, 0.2) is 53.5 Å². The molecule has 0 unspecified atom stereocenters. The highest BCUT2D eigenvalue weighted by Crippen LogP contribution is 2.40. The zero-order valence-corrected chi connectivity index (χ0v) is 20.3. The minimum absolute atomic E-state index is 0. The zero-order valence-electron chi connectivity index (χ0n) is 19.5. The molecule has 1 saturated heterocycles. The number of nitrogens with zero attached hydrogens (tertiary/aromatic N) is 1. The number of carbonyl (C=O) groups excluding carboxylic acids is 1. The number of benzene rings is 2. The number of β-amino-alcohol motifs (C(OH)–C–C–N with tert-alkyl or cyclic N) is 1. The monoisotopic (exact) mass is 518 g/mol. The number of halogens is 2. The van der Waals surface area contributed by atoms with E-state index in [-0.39, 0.29) is 74.0 Å². The summed E-state index contributed by atoms with van der Waals surface area (Å²) < 4.78 is 27.9. The van der Waals surface area contributed by atoms with Crippen LogP contribution in [0.5, 0.6) is 5.75 Å². The van der Waals surface area contributed by atoms with E-state index >= 15 is 0 Å². The standard InChI is InChI=1S/C26H27FN2O6.ClH/c27-21-9-8-19-22(24(21)34-13-17-10-26(33,15-30)14-28-17)29(18-6-7-18)11-20(23(19)31)25(32)35-12-16-4-2-1-3-5-16;/h1-5,8-9,11,17-18,28,30,33H,6-7,10,12-15H2;1H/t17-,26-;/m0./s1. The van der Waals surface area contributed by atoms with Gasteiger partial charge < -0.3 is 29.6 Å².